The lowest BCUT2D eigenvalue weighted by Gasteiger charge is -2.16. The van der Waals surface area contributed by atoms with E-state index in [4.69, 9.17) is 14.9 Å². The van der Waals surface area contributed by atoms with Crippen molar-refractivity contribution in [3.8, 4) is 5.75 Å². The number of amides is 1. The molecular weight excluding hydrogens is 244 g/mol. The summed E-state index contributed by atoms with van der Waals surface area (Å²) in [6.45, 7) is 0.274. The van der Waals surface area contributed by atoms with E-state index in [9.17, 15) is 4.79 Å². The molecule has 2 aromatic rings. The Morgan fingerprint density at radius 2 is 2.16 bits per heavy atom. The summed E-state index contributed by atoms with van der Waals surface area (Å²) in [6.07, 6.45) is 0. The number of nitrogens with two attached hydrogens (primary N) is 1. The first-order valence-corrected chi connectivity index (χ1v) is 5.86. The summed E-state index contributed by atoms with van der Waals surface area (Å²) in [4.78, 5) is 13.7. The van der Waals surface area contributed by atoms with Gasteiger partial charge < -0.3 is 19.8 Å². The van der Waals surface area contributed by atoms with Crippen LogP contribution in [0.3, 0.4) is 0 Å². The smallest absolute Gasteiger partial charge is 0.293 e. The first kappa shape index (κ1) is 13.2. The number of carbonyl (C=O) groups is 1. The molecule has 0 radical (unpaired) electrons. The second-order valence-corrected chi connectivity index (χ2v) is 4.04. The summed E-state index contributed by atoms with van der Waals surface area (Å²) in [5, 5.41) is 0. The van der Waals surface area contributed by atoms with Crippen molar-refractivity contribution >= 4 is 11.6 Å². The van der Waals surface area contributed by atoms with Crippen LogP contribution in [0.1, 0.15) is 16.3 Å². The van der Waals surface area contributed by atoms with Crippen LogP contribution in [-0.2, 0) is 6.54 Å². The van der Waals surface area contributed by atoms with Gasteiger partial charge >= 0.3 is 0 Å². The molecule has 0 saturated heterocycles. The Kier molecular flexibility index (Phi) is 3.87. The molecule has 0 atom stereocenters. The Hall–Kier alpha value is -2.27. The first-order chi connectivity index (χ1) is 9.15. The topological polar surface area (TPSA) is 68.7 Å². The number of rotatable bonds is 4. The zero-order valence-corrected chi connectivity index (χ0v) is 10.9. The lowest BCUT2D eigenvalue weighted by atomic mass is 10.2. The van der Waals surface area contributed by atoms with Crippen LogP contribution in [0, 0.1) is 0 Å². The summed E-state index contributed by atoms with van der Waals surface area (Å²) in [5.41, 5.74) is 6.18. The van der Waals surface area contributed by atoms with E-state index in [-0.39, 0.29) is 18.2 Å². The van der Waals surface area contributed by atoms with Gasteiger partial charge in [0.1, 0.15) is 11.5 Å². The molecule has 1 aromatic heterocycles. The quantitative estimate of drug-likeness (QED) is 0.913. The van der Waals surface area contributed by atoms with Gasteiger partial charge in [-0.25, -0.2) is 0 Å². The highest BCUT2D eigenvalue weighted by atomic mass is 16.5. The van der Waals surface area contributed by atoms with Crippen LogP contribution in [0.2, 0.25) is 0 Å². The summed E-state index contributed by atoms with van der Waals surface area (Å²) < 4.78 is 10.5. The SMILES string of the molecule is COc1cccc(N(C)C(=O)c2ccc(CN)o2)c1. The van der Waals surface area contributed by atoms with Crippen molar-refractivity contribution in [1.29, 1.82) is 0 Å². The maximum atomic E-state index is 12.2. The minimum atomic E-state index is -0.229. The molecule has 0 aliphatic heterocycles. The van der Waals surface area contributed by atoms with Gasteiger partial charge in [-0.2, -0.15) is 0 Å². The molecule has 2 N–H and O–H groups in total. The first-order valence-electron chi connectivity index (χ1n) is 5.86. The third kappa shape index (κ3) is 2.77. The van der Waals surface area contributed by atoms with Crippen LogP contribution >= 0.6 is 0 Å². The minimum Gasteiger partial charge on any atom is -0.497 e. The Bertz CT molecular complexity index is 578. The Morgan fingerprint density at radius 1 is 1.37 bits per heavy atom. The largest absolute Gasteiger partial charge is 0.497 e. The highest BCUT2D eigenvalue weighted by molar-refractivity contribution is 6.03. The number of hydrogen-bond acceptors (Lipinski definition) is 4. The third-order valence-electron chi connectivity index (χ3n) is 2.82. The average Bonchev–Trinajstić information content (AvgIpc) is 2.94. The normalized spacial score (nSPS) is 10.3. The van der Waals surface area contributed by atoms with Crippen molar-refractivity contribution in [3.63, 3.8) is 0 Å². The van der Waals surface area contributed by atoms with E-state index in [0.29, 0.717) is 11.5 Å². The number of anilines is 1. The maximum absolute atomic E-state index is 12.2. The summed E-state index contributed by atoms with van der Waals surface area (Å²) in [6, 6.07) is 10.6. The van der Waals surface area contributed by atoms with Gasteiger partial charge in [0.2, 0.25) is 0 Å². The molecule has 1 heterocycles. The van der Waals surface area contributed by atoms with Gasteiger partial charge in [-0.15, -0.1) is 0 Å². The molecule has 1 amide bonds. The Morgan fingerprint density at radius 3 is 2.79 bits per heavy atom. The van der Waals surface area contributed by atoms with Gasteiger partial charge in [-0.05, 0) is 24.3 Å². The van der Waals surface area contributed by atoms with Gasteiger partial charge in [-0.1, -0.05) is 6.07 Å². The predicted octanol–water partition coefficient (Wildman–Crippen LogP) is 2.02. The molecule has 0 aliphatic carbocycles. The molecule has 0 saturated carbocycles. The zero-order valence-electron chi connectivity index (χ0n) is 10.9. The van der Waals surface area contributed by atoms with Crippen LogP contribution in [0.4, 0.5) is 5.69 Å². The van der Waals surface area contributed by atoms with E-state index >= 15 is 0 Å². The van der Waals surface area contributed by atoms with Crippen molar-refractivity contribution in [2.75, 3.05) is 19.1 Å². The second kappa shape index (κ2) is 5.58. The standard InChI is InChI=1S/C14H16N2O3/c1-16(10-4-3-5-11(8-10)18-2)14(17)13-7-6-12(9-15)19-13/h3-8H,9,15H2,1-2H3. The van der Waals surface area contributed by atoms with E-state index in [1.54, 1.807) is 32.4 Å². The van der Waals surface area contributed by atoms with E-state index in [1.807, 2.05) is 18.2 Å². The number of carbonyl (C=O) groups excluding carboxylic acids is 1. The molecule has 0 aliphatic rings. The van der Waals surface area contributed by atoms with Gasteiger partial charge in [0, 0.05) is 18.8 Å². The predicted molar refractivity (Wildman–Crippen MR) is 72.3 cm³/mol. The van der Waals surface area contributed by atoms with Gasteiger partial charge in [0.15, 0.2) is 5.76 Å². The number of hydrogen-bond donors (Lipinski definition) is 1. The van der Waals surface area contributed by atoms with Crippen LogP contribution in [0.15, 0.2) is 40.8 Å². The molecule has 5 heteroatoms. The summed E-state index contributed by atoms with van der Waals surface area (Å²) >= 11 is 0. The second-order valence-electron chi connectivity index (χ2n) is 4.04. The Balaban J connectivity index is 2.22. The number of nitrogens with zero attached hydrogens (tertiary/aromatic N) is 1. The lowest BCUT2D eigenvalue weighted by Crippen LogP contribution is -2.25. The van der Waals surface area contributed by atoms with E-state index in [0.717, 1.165) is 5.69 Å². The number of methoxy groups -OCH3 is 1. The maximum Gasteiger partial charge on any atom is 0.293 e. The highest BCUT2D eigenvalue weighted by Crippen LogP contribution is 2.21. The number of ether oxygens (including phenoxy) is 1. The summed E-state index contributed by atoms with van der Waals surface area (Å²) in [5.74, 6) is 1.32. The molecule has 0 unspecified atom stereocenters. The summed E-state index contributed by atoms with van der Waals surface area (Å²) in [7, 11) is 3.27. The molecular formula is C14H16N2O3. The number of benzene rings is 1. The van der Waals surface area contributed by atoms with Crippen molar-refractivity contribution in [2.24, 2.45) is 5.73 Å². The Labute approximate surface area is 111 Å². The van der Waals surface area contributed by atoms with E-state index in [1.165, 1.54) is 4.90 Å². The minimum absolute atomic E-state index is 0.229. The van der Waals surface area contributed by atoms with Gasteiger partial charge in [-0.3, -0.25) is 4.79 Å². The molecule has 19 heavy (non-hydrogen) atoms. The van der Waals surface area contributed by atoms with Gasteiger partial charge in [0.25, 0.3) is 5.91 Å². The van der Waals surface area contributed by atoms with E-state index < -0.39 is 0 Å². The molecule has 0 bridgehead atoms. The fourth-order valence-electron chi connectivity index (χ4n) is 1.70. The van der Waals surface area contributed by atoms with Crippen LogP contribution in [-0.4, -0.2) is 20.1 Å². The van der Waals surface area contributed by atoms with Crippen molar-refractivity contribution in [3.05, 3.63) is 47.9 Å². The van der Waals surface area contributed by atoms with Crippen LogP contribution in [0.25, 0.3) is 0 Å². The fourth-order valence-corrected chi connectivity index (χ4v) is 1.70. The van der Waals surface area contributed by atoms with Crippen LogP contribution in [0.5, 0.6) is 5.75 Å². The molecule has 0 spiro atoms. The molecule has 100 valence electrons. The van der Waals surface area contributed by atoms with Gasteiger partial charge in [0.05, 0.1) is 13.7 Å². The number of furan rings is 1. The average molecular weight is 260 g/mol. The van der Waals surface area contributed by atoms with E-state index in [2.05, 4.69) is 0 Å². The van der Waals surface area contributed by atoms with Crippen molar-refractivity contribution < 1.29 is 13.9 Å². The van der Waals surface area contributed by atoms with Crippen molar-refractivity contribution in [2.45, 2.75) is 6.54 Å². The fraction of sp³-hybridized carbons (Fsp3) is 0.214. The molecule has 2 rings (SSSR count). The zero-order chi connectivity index (χ0) is 13.8. The monoisotopic (exact) mass is 260 g/mol. The van der Waals surface area contributed by atoms with Crippen molar-refractivity contribution in [1.82, 2.24) is 0 Å². The third-order valence-corrected chi connectivity index (χ3v) is 2.82. The lowest BCUT2D eigenvalue weighted by molar-refractivity contribution is 0.0965. The van der Waals surface area contributed by atoms with Crippen LogP contribution < -0.4 is 15.4 Å². The molecule has 0 fully saturated rings. The molecule has 5 nitrogen and oxygen atoms in total. The molecule has 1 aromatic carbocycles. The highest BCUT2D eigenvalue weighted by Gasteiger charge is 2.17.